The standard InChI is InChI=1S/C40H60N8O7/c1-24(2)21-31(45-36(51)30(44-27(6)49)19-13-14-20-41)39(54)48-34(25(3)4)40(55)47-33(23-29-17-11-8-12-18-29)38(53)46-32(22-28-15-9-7-10-16-28)37(52)43-26(5)35(42)50/h7-12,15-18,24-26,30-34H,13-14,19-23,41H2,1-6H3,(H2,42,50)(H,43,52)(H,44,49)(H,45,51)(H,46,53)(H,47,55)(H,48,54)/t26-,30-,31-,32-,33-,34-/m0/s1. The fourth-order valence-corrected chi connectivity index (χ4v) is 5.81. The number of amides is 7. The number of nitrogens with one attached hydrogen (secondary N) is 6. The van der Waals surface area contributed by atoms with E-state index in [1.807, 2.05) is 26.0 Å². The summed E-state index contributed by atoms with van der Waals surface area (Å²) in [5, 5.41) is 16.3. The Morgan fingerprint density at radius 1 is 0.564 bits per heavy atom. The first-order chi connectivity index (χ1) is 26.0. The molecule has 0 radical (unpaired) electrons. The largest absolute Gasteiger partial charge is 0.368 e. The molecule has 7 amide bonds. The van der Waals surface area contributed by atoms with E-state index in [0.717, 1.165) is 11.1 Å². The number of benzene rings is 2. The Morgan fingerprint density at radius 2 is 1.02 bits per heavy atom. The highest BCUT2D eigenvalue weighted by Crippen LogP contribution is 2.12. The normalized spacial score (nSPS) is 14.3. The lowest BCUT2D eigenvalue weighted by Gasteiger charge is -2.29. The Morgan fingerprint density at radius 3 is 1.47 bits per heavy atom. The monoisotopic (exact) mass is 764 g/mol. The SMILES string of the molecule is CC(=O)N[C@@H](CCCCN)C(=O)N[C@@H](CC(C)C)C(=O)N[C@H](C(=O)N[C@@H](Cc1ccccc1)C(=O)N[C@@H](Cc1ccccc1)C(=O)N[C@@H](C)C(N)=O)C(C)C. The summed E-state index contributed by atoms with van der Waals surface area (Å²) in [6, 6.07) is 11.6. The molecule has 0 aliphatic rings. The molecule has 0 aliphatic heterocycles. The van der Waals surface area contributed by atoms with Crippen molar-refractivity contribution in [1.29, 1.82) is 0 Å². The molecule has 0 unspecified atom stereocenters. The van der Waals surface area contributed by atoms with Crippen LogP contribution in [0.3, 0.4) is 0 Å². The summed E-state index contributed by atoms with van der Waals surface area (Å²) < 4.78 is 0. The van der Waals surface area contributed by atoms with Crippen LogP contribution in [0.4, 0.5) is 0 Å². The second kappa shape index (κ2) is 23.5. The number of hydrogen-bond acceptors (Lipinski definition) is 8. The molecule has 2 aromatic carbocycles. The van der Waals surface area contributed by atoms with Gasteiger partial charge in [-0.15, -0.1) is 0 Å². The summed E-state index contributed by atoms with van der Waals surface area (Å²) in [5.41, 5.74) is 12.4. The molecule has 0 heterocycles. The topological polar surface area (TPSA) is 244 Å². The van der Waals surface area contributed by atoms with E-state index >= 15 is 0 Å². The van der Waals surface area contributed by atoms with Crippen LogP contribution >= 0.6 is 0 Å². The van der Waals surface area contributed by atoms with E-state index in [4.69, 9.17) is 11.5 Å². The summed E-state index contributed by atoms with van der Waals surface area (Å²) in [5.74, 6) is -4.71. The average molecular weight is 765 g/mol. The van der Waals surface area contributed by atoms with Crippen molar-refractivity contribution in [3.63, 3.8) is 0 Å². The lowest BCUT2D eigenvalue weighted by atomic mass is 9.98. The van der Waals surface area contributed by atoms with E-state index in [1.54, 1.807) is 62.4 Å². The van der Waals surface area contributed by atoms with Gasteiger partial charge in [-0.25, -0.2) is 0 Å². The highest BCUT2D eigenvalue weighted by Gasteiger charge is 2.34. The molecular formula is C40H60N8O7. The van der Waals surface area contributed by atoms with Crippen molar-refractivity contribution >= 4 is 41.4 Å². The van der Waals surface area contributed by atoms with Gasteiger partial charge in [0.1, 0.15) is 36.3 Å². The van der Waals surface area contributed by atoms with Crippen LogP contribution < -0.4 is 43.4 Å². The zero-order valence-corrected chi connectivity index (χ0v) is 32.9. The third-order valence-corrected chi connectivity index (χ3v) is 8.84. The van der Waals surface area contributed by atoms with Gasteiger partial charge in [0, 0.05) is 19.8 Å². The van der Waals surface area contributed by atoms with Gasteiger partial charge in [-0.2, -0.15) is 0 Å². The van der Waals surface area contributed by atoms with Crippen molar-refractivity contribution < 1.29 is 33.6 Å². The van der Waals surface area contributed by atoms with Crippen LogP contribution in [0.2, 0.25) is 0 Å². The molecule has 55 heavy (non-hydrogen) atoms. The zero-order valence-electron chi connectivity index (χ0n) is 32.9. The molecule has 0 fully saturated rings. The van der Waals surface area contributed by atoms with Gasteiger partial charge < -0.3 is 43.4 Å². The van der Waals surface area contributed by atoms with Gasteiger partial charge in [0.05, 0.1) is 0 Å². The molecule has 2 aromatic rings. The van der Waals surface area contributed by atoms with Gasteiger partial charge in [0.15, 0.2) is 0 Å². The molecule has 15 nitrogen and oxygen atoms in total. The van der Waals surface area contributed by atoms with Gasteiger partial charge in [-0.05, 0) is 62.1 Å². The van der Waals surface area contributed by atoms with Gasteiger partial charge in [-0.3, -0.25) is 33.6 Å². The number of nitrogens with two attached hydrogens (primary N) is 2. The van der Waals surface area contributed by atoms with Gasteiger partial charge in [0.25, 0.3) is 0 Å². The Hall–Kier alpha value is -5.31. The molecule has 2 rings (SSSR count). The van der Waals surface area contributed by atoms with E-state index < -0.39 is 83.5 Å². The van der Waals surface area contributed by atoms with E-state index in [9.17, 15) is 33.6 Å². The van der Waals surface area contributed by atoms with E-state index in [1.165, 1.54) is 13.8 Å². The number of carbonyl (C=O) groups excluding carboxylic acids is 7. The summed E-state index contributed by atoms with van der Waals surface area (Å²) in [6.07, 6.45) is 1.96. The number of primary amides is 1. The van der Waals surface area contributed by atoms with Crippen molar-refractivity contribution in [1.82, 2.24) is 31.9 Å². The molecule has 0 aromatic heterocycles. The highest BCUT2D eigenvalue weighted by molar-refractivity contribution is 5.97. The summed E-state index contributed by atoms with van der Waals surface area (Å²) in [6.45, 7) is 10.4. The van der Waals surface area contributed by atoms with E-state index in [2.05, 4.69) is 31.9 Å². The predicted octanol–water partition coefficient (Wildman–Crippen LogP) is 0.737. The molecule has 0 spiro atoms. The van der Waals surface area contributed by atoms with Gasteiger partial charge >= 0.3 is 0 Å². The minimum atomic E-state index is -1.19. The van der Waals surface area contributed by atoms with Crippen molar-refractivity contribution in [3.8, 4) is 0 Å². The van der Waals surface area contributed by atoms with Crippen molar-refractivity contribution in [2.45, 2.75) is 116 Å². The summed E-state index contributed by atoms with van der Waals surface area (Å²) in [4.78, 5) is 92.2. The van der Waals surface area contributed by atoms with Crippen molar-refractivity contribution in [2.75, 3.05) is 6.54 Å². The maximum Gasteiger partial charge on any atom is 0.243 e. The maximum atomic E-state index is 14.0. The van der Waals surface area contributed by atoms with Crippen LogP contribution in [0.15, 0.2) is 60.7 Å². The predicted molar refractivity (Wildman–Crippen MR) is 210 cm³/mol. The quantitative estimate of drug-likeness (QED) is 0.0749. The van der Waals surface area contributed by atoms with Crippen LogP contribution in [-0.2, 0) is 46.4 Å². The molecule has 0 saturated carbocycles. The minimum absolute atomic E-state index is 0.0234. The summed E-state index contributed by atoms with van der Waals surface area (Å²) >= 11 is 0. The smallest absolute Gasteiger partial charge is 0.243 e. The first-order valence-corrected chi connectivity index (χ1v) is 18.9. The fourth-order valence-electron chi connectivity index (χ4n) is 5.81. The number of unbranched alkanes of at least 4 members (excludes halogenated alkanes) is 1. The molecule has 10 N–H and O–H groups in total. The molecule has 302 valence electrons. The van der Waals surface area contributed by atoms with Crippen molar-refractivity contribution in [2.24, 2.45) is 23.3 Å². The van der Waals surface area contributed by atoms with Crippen LogP contribution in [0, 0.1) is 11.8 Å². The highest BCUT2D eigenvalue weighted by atomic mass is 16.2. The Bertz CT molecular complexity index is 1570. The van der Waals surface area contributed by atoms with Crippen LogP contribution in [0.5, 0.6) is 0 Å². The summed E-state index contributed by atoms with van der Waals surface area (Å²) in [7, 11) is 0. The lowest BCUT2D eigenvalue weighted by Crippen LogP contribution is -2.61. The molecule has 0 aliphatic carbocycles. The lowest BCUT2D eigenvalue weighted by molar-refractivity contribution is -0.136. The van der Waals surface area contributed by atoms with Gasteiger partial charge in [-0.1, -0.05) is 88.4 Å². The second-order valence-corrected chi connectivity index (χ2v) is 14.6. The number of hydrogen-bond donors (Lipinski definition) is 8. The first kappa shape index (κ1) is 45.8. The van der Waals surface area contributed by atoms with Gasteiger partial charge in [0.2, 0.25) is 41.4 Å². The third kappa shape index (κ3) is 16.7. The fraction of sp³-hybridized carbons (Fsp3) is 0.525. The van der Waals surface area contributed by atoms with Crippen molar-refractivity contribution in [3.05, 3.63) is 71.8 Å². The average Bonchev–Trinajstić information content (AvgIpc) is 3.12. The number of carbonyl (C=O) groups is 7. The molecule has 0 saturated heterocycles. The number of rotatable bonds is 23. The third-order valence-electron chi connectivity index (χ3n) is 8.84. The Kier molecular flexibility index (Phi) is 19.6. The first-order valence-electron chi connectivity index (χ1n) is 18.9. The Balaban J connectivity index is 2.36. The minimum Gasteiger partial charge on any atom is -0.368 e. The van der Waals surface area contributed by atoms with Crippen LogP contribution in [0.25, 0.3) is 0 Å². The second-order valence-electron chi connectivity index (χ2n) is 14.6. The van der Waals surface area contributed by atoms with E-state index in [-0.39, 0.29) is 25.2 Å². The molecule has 15 heteroatoms. The molecule has 0 bridgehead atoms. The Labute approximate surface area is 324 Å². The van der Waals surface area contributed by atoms with E-state index in [0.29, 0.717) is 25.8 Å². The van der Waals surface area contributed by atoms with Crippen LogP contribution in [0.1, 0.15) is 78.4 Å². The van der Waals surface area contributed by atoms with Crippen LogP contribution in [-0.4, -0.2) is 84.1 Å². The molecule has 6 atom stereocenters. The zero-order chi connectivity index (χ0) is 41.1. The molecular weight excluding hydrogens is 704 g/mol. The maximum absolute atomic E-state index is 14.0.